The van der Waals surface area contributed by atoms with E-state index in [1.165, 1.54) is 43.3 Å². The van der Waals surface area contributed by atoms with Crippen molar-refractivity contribution < 1.29 is 41.2 Å². The second kappa shape index (κ2) is 12.6. The summed E-state index contributed by atoms with van der Waals surface area (Å²) < 4.78 is 48.4. The summed E-state index contributed by atoms with van der Waals surface area (Å²) in [4.78, 5) is 38.4. The van der Waals surface area contributed by atoms with Gasteiger partial charge in [-0.05, 0) is 101 Å². The first-order valence-electron chi connectivity index (χ1n) is 12.6. The van der Waals surface area contributed by atoms with E-state index in [-0.39, 0.29) is 47.2 Å². The van der Waals surface area contributed by atoms with Crippen molar-refractivity contribution in [1.29, 1.82) is 0 Å². The lowest BCUT2D eigenvalue weighted by molar-refractivity contribution is -0.123. The van der Waals surface area contributed by atoms with E-state index >= 15 is 0 Å². The largest absolute Gasteiger partial charge is 0.490 e. The molecule has 2 heterocycles. The van der Waals surface area contributed by atoms with Gasteiger partial charge in [0.1, 0.15) is 4.90 Å². The summed E-state index contributed by atoms with van der Waals surface area (Å²) in [5, 5.41) is 2.43. The lowest BCUT2D eigenvalue weighted by Gasteiger charge is -2.15. The van der Waals surface area contributed by atoms with Gasteiger partial charge in [-0.25, -0.2) is 0 Å². The van der Waals surface area contributed by atoms with Gasteiger partial charge in [-0.3, -0.25) is 19.3 Å². The van der Waals surface area contributed by atoms with Crippen LogP contribution in [0.1, 0.15) is 25.0 Å². The van der Waals surface area contributed by atoms with Gasteiger partial charge in [-0.1, -0.05) is 11.6 Å². The zero-order chi connectivity index (χ0) is 30.9. The van der Waals surface area contributed by atoms with Crippen molar-refractivity contribution >= 4 is 84.9 Å². The Morgan fingerprint density at radius 3 is 2.51 bits per heavy atom. The molecule has 2 aliphatic rings. The monoisotopic (exact) mass is 756 g/mol. The molecule has 15 heteroatoms. The molecule has 3 aromatic carbocycles. The Morgan fingerprint density at radius 1 is 1.14 bits per heavy atom. The molecule has 224 valence electrons. The maximum absolute atomic E-state index is 13.2. The average molecular weight is 757 g/mol. The molecule has 5 rings (SSSR count). The summed E-state index contributed by atoms with van der Waals surface area (Å²) in [5.41, 5.74) is 1.45. The van der Waals surface area contributed by atoms with Crippen molar-refractivity contribution in [3.8, 4) is 23.0 Å². The molecule has 3 amide bonds. The second-order valence-electron chi connectivity index (χ2n) is 9.07. The minimum absolute atomic E-state index is 0.0314. The molecule has 1 saturated heterocycles. The van der Waals surface area contributed by atoms with E-state index in [0.29, 0.717) is 36.9 Å². The number of thioether (sulfide) groups is 1. The number of amides is 3. The lowest BCUT2D eigenvalue weighted by atomic mass is 10.1. The highest BCUT2D eigenvalue weighted by atomic mass is 127. The molecule has 0 bridgehead atoms. The molecule has 2 aliphatic heterocycles. The van der Waals surface area contributed by atoms with Crippen molar-refractivity contribution in [3.05, 3.63) is 73.2 Å². The SMILES string of the molecule is CCOc1cc(/C=C2\SC(=O)N(Cc3cc4c(cc3Cl)OCO4)C2=O)cc(I)c1OS(=O)(=O)c1ccc(NC(C)=O)cc1. The zero-order valence-electron chi connectivity index (χ0n) is 22.5. The van der Waals surface area contributed by atoms with Crippen LogP contribution in [0.4, 0.5) is 10.5 Å². The Hall–Kier alpha value is -3.47. The number of hydrogen-bond acceptors (Lipinski definition) is 10. The molecule has 0 unspecified atom stereocenters. The summed E-state index contributed by atoms with van der Waals surface area (Å²) in [6, 6.07) is 11.9. The van der Waals surface area contributed by atoms with Crippen molar-refractivity contribution in [3.63, 3.8) is 0 Å². The van der Waals surface area contributed by atoms with Crippen LogP contribution in [0.3, 0.4) is 0 Å². The van der Waals surface area contributed by atoms with Crippen LogP contribution < -0.4 is 23.7 Å². The lowest BCUT2D eigenvalue weighted by Crippen LogP contribution is -2.27. The van der Waals surface area contributed by atoms with Crippen LogP contribution in [0.2, 0.25) is 5.02 Å². The second-order valence-corrected chi connectivity index (χ2v) is 13.2. The molecule has 0 aliphatic carbocycles. The molecule has 0 atom stereocenters. The number of nitrogens with zero attached hydrogens (tertiary/aromatic N) is 1. The molecule has 3 aromatic rings. The minimum atomic E-state index is -4.27. The fourth-order valence-electron chi connectivity index (χ4n) is 4.12. The van der Waals surface area contributed by atoms with E-state index in [1.54, 1.807) is 25.1 Å². The number of anilines is 1. The predicted octanol–water partition coefficient (Wildman–Crippen LogP) is 6.03. The fourth-order valence-corrected chi connectivity index (χ4v) is 7.01. The fraction of sp³-hybridized carbons (Fsp3) is 0.179. The molecule has 0 saturated carbocycles. The van der Waals surface area contributed by atoms with Gasteiger partial charge in [-0.2, -0.15) is 8.42 Å². The third-order valence-electron chi connectivity index (χ3n) is 6.03. The summed E-state index contributed by atoms with van der Waals surface area (Å²) in [6.45, 7) is 3.27. The van der Waals surface area contributed by atoms with Crippen molar-refractivity contribution in [2.45, 2.75) is 25.3 Å². The van der Waals surface area contributed by atoms with Crippen LogP contribution in [0, 0.1) is 3.57 Å². The number of carbonyl (C=O) groups is 3. The van der Waals surface area contributed by atoms with E-state index in [9.17, 15) is 22.8 Å². The maximum atomic E-state index is 13.2. The Balaban J connectivity index is 1.38. The molecule has 0 spiro atoms. The van der Waals surface area contributed by atoms with Crippen LogP contribution in [0.5, 0.6) is 23.0 Å². The van der Waals surface area contributed by atoms with Gasteiger partial charge in [-0.15, -0.1) is 0 Å². The van der Waals surface area contributed by atoms with Crippen molar-refractivity contribution in [2.75, 3.05) is 18.7 Å². The molecule has 0 aromatic heterocycles. The van der Waals surface area contributed by atoms with Gasteiger partial charge < -0.3 is 23.7 Å². The highest BCUT2D eigenvalue weighted by Crippen LogP contribution is 2.41. The Labute approximate surface area is 269 Å². The summed E-state index contributed by atoms with van der Waals surface area (Å²) in [6.07, 6.45) is 1.52. The number of benzene rings is 3. The number of carbonyl (C=O) groups excluding carboxylic acids is 3. The molecular formula is C28H22ClIN2O9S2. The highest BCUT2D eigenvalue weighted by Gasteiger charge is 2.36. The molecule has 1 N–H and O–H groups in total. The van der Waals surface area contributed by atoms with E-state index in [0.717, 1.165) is 16.7 Å². The van der Waals surface area contributed by atoms with Gasteiger partial charge in [0.25, 0.3) is 11.1 Å². The molecule has 0 radical (unpaired) electrons. The highest BCUT2D eigenvalue weighted by molar-refractivity contribution is 14.1. The van der Waals surface area contributed by atoms with Gasteiger partial charge in [0, 0.05) is 23.7 Å². The first-order chi connectivity index (χ1) is 20.4. The Morgan fingerprint density at radius 2 is 1.84 bits per heavy atom. The van der Waals surface area contributed by atoms with Crippen molar-refractivity contribution in [2.24, 2.45) is 0 Å². The zero-order valence-corrected chi connectivity index (χ0v) is 27.1. The molecule has 11 nitrogen and oxygen atoms in total. The number of rotatable bonds is 9. The van der Waals surface area contributed by atoms with E-state index in [2.05, 4.69) is 5.32 Å². The van der Waals surface area contributed by atoms with Crippen LogP contribution in [-0.4, -0.2) is 43.8 Å². The minimum Gasteiger partial charge on any atom is -0.490 e. The normalized spacial score (nSPS) is 15.3. The van der Waals surface area contributed by atoms with Gasteiger partial charge in [0.2, 0.25) is 12.7 Å². The summed E-state index contributed by atoms with van der Waals surface area (Å²) in [5.74, 6) is 0.263. The van der Waals surface area contributed by atoms with E-state index < -0.39 is 21.3 Å². The molecular weight excluding hydrogens is 735 g/mol. The Kier molecular flexibility index (Phi) is 9.10. The van der Waals surface area contributed by atoms with Gasteiger partial charge in [0.15, 0.2) is 23.0 Å². The van der Waals surface area contributed by atoms with Crippen molar-refractivity contribution in [1.82, 2.24) is 4.90 Å². The van der Waals surface area contributed by atoms with Gasteiger partial charge in [0.05, 0.1) is 21.6 Å². The first kappa shape index (κ1) is 31.0. The summed E-state index contributed by atoms with van der Waals surface area (Å²) >= 11 is 9.03. The number of fused-ring (bicyclic) bond motifs is 1. The molecule has 43 heavy (non-hydrogen) atoms. The quantitative estimate of drug-likeness (QED) is 0.157. The summed E-state index contributed by atoms with van der Waals surface area (Å²) in [7, 11) is -4.27. The number of nitrogens with one attached hydrogen (secondary N) is 1. The first-order valence-corrected chi connectivity index (χ1v) is 16.2. The van der Waals surface area contributed by atoms with Crippen LogP contribution in [-0.2, 0) is 26.3 Å². The van der Waals surface area contributed by atoms with Gasteiger partial charge >= 0.3 is 10.1 Å². The topological polar surface area (TPSA) is 138 Å². The van der Waals surface area contributed by atoms with Crippen LogP contribution in [0.15, 0.2) is 58.3 Å². The standard InChI is InChI=1S/C28H22ClIN2O9S2/c1-3-38-24-9-16(8-21(30)26(24)41-43(36,37)19-6-4-18(5-7-19)31-15(2)33)10-25-27(34)32(28(35)42-25)13-17-11-22-23(12-20(17)29)40-14-39-22/h4-12H,3,13-14H2,1-2H3,(H,31,33)/b25-10-. The third-order valence-corrected chi connectivity index (χ3v) is 9.33. The number of hydrogen-bond donors (Lipinski definition) is 1. The van der Waals surface area contributed by atoms with Crippen LogP contribution >= 0.6 is 46.0 Å². The van der Waals surface area contributed by atoms with Crippen LogP contribution in [0.25, 0.3) is 6.08 Å². The number of halogens is 2. The third kappa shape index (κ3) is 6.87. The van der Waals surface area contributed by atoms with E-state index in [4.69, 9.17) is 30.0 Å². The van der Waals surface area contributed by atoms with E-state index in [1.807, 2.05) is 22.6 Å². The average Bonchev–Trinajstić information content (AvgIpc) is 3.49. The maximum Gasteiger partial charge on any atom is 0.339 e. The number of imide groups is 1. The predicted molar refractivity (Wildman–Crippen MR) is 168 cm³/mol. The number of ether oxygens (including phenoxy) is 3. The molecule has 1 fully saturated rings. The smallest absolute Gasteiger partial charge is 0.339 e. The Bertz CT molecular complexity index is 1780.